The number of pyridine rings is 1. The van der Waals surface area contributed by atoms with Gasteiger partial charge in [0.1, 0.15) is 0 Å². The Morgan fingerprint density at radius 1 is 1.10 bits per heavy atom. The molecule has 6 heteroatoms. The Hall–Kier alpha value is -3.02. The molecule has 98 valence electrons. The summed E-state index contributed by atoms with van der Waals surface area (Å²) in [5, 5.41) is 3.65. The van der Waals surface area contributed by atoms with Crippen LogP contribution in [0.1, 0.15) is 10.5 Å². The van der Waals surface area contributed by atoms with E-state index in [0.29, 0.717) is 5.69 Å². The number of anilines is 2. The molecule has 0 bridgehead atoms. The second kappa shape index (κ2) is 4.93. The lowest BCUT2D eigenvalue weighted by atomic mass is 10.2. The third-order valence-corrected chi connectivity index (χ3v) is 2.79. The van der Waals surface area contributed by atoms with Gasteiger partial charge in [0.05, 0.1) is 17.4 Å². The highest BCUT2D eigenvalue weighted by Gasteiger charge is 2.12. The SMILES string of the molecule is Nc1nccnc1C(=O)Nc1cnc2ccccc2c1. The molecule has 3 aromatic rings. The molecule has 1 aromatic carbocycles. The van der Waals surface area contributed by atoms with Crippen LogP contribution in [-0.4, -0.2) is 20.9 Å². The van der Waals surface area contributed by atoms with Gasteiger partial charge in [-0.05, 0) is 12.1 Å². The summed E-state index contributed by atoms with van der Waals surface area (Å²) in [4.78, 5) is 24.1. The molecule has 0 saturated carbocycles. The zero-order valence-corrected chi connectivity index (χ0v) is 10.4. The van der Waals surface area contributed by atoms with E-state index in [4.69, 9.17) is 5.73 Å². The largest absolute Gasteiger partial charge is 0.382 e. The van der Waals surface area contributed by atoms with Gasteiger partial charge in [0.25, 0.3) is 5.91 Å². The first-order valence-electron chi connectivity index (χ1n) is 5.96. The normalized spacial score (nSPS) is 10.4. The predicted molar refractivity (Wildman–Crippen MR) is 76.1 cm³/mol. The molecule has 2 aromatic heterocycles. The molecule has 0 aliphatic heterocycles. The number of nitrogen functional groups attached to an aromatic ring is 1. The van der Waals surface area contributed by atoms with Crippen LogP contribution >= 0.6 is 0 Å². The number of hydrogen-bond donors (Lipinski definition) is 2. The number of benzene rings is 1. The zero-order chi connectivity index (χ0) is 13.9. The molecule has 6 nitrogen and oxygen atoms in total. The van der Waals surface area contributed by atoms with Crippen LogP contribution in [0.4, 0.5) is 11.5 Å². The van der Waals surface area contributed by atoms with Crippen LogP contribution in [0.15, 0.2) is 48.9 Å². The van der Waals surface area contributed by atoms with Crippen molar-refractivity contribution in [3.05, 3.63) is 54.6 Å². The van der Waals surface area contributed by atoms with Crippen LogP contribution in [0.25, 0.3) is 10.9 Å². The van der Waals surface area contributed by atoms with Gasteiger partial charge in [-0.25, -0.2) is 9.97 Å². The fraction of sp³-hybridized carbons (Fsp3) is 0. The van der Waals surface area contributed by atoms with Gasteiger partial charge in [-0.2, -0.15) is 0 Å². The Morgan fingerprint density at radius 3 is 2.75 bits per heavy atom. The molecule has 0 unspecified atom stereocenters. The summed E-state index contributed by atoms with van der Waals surface area (Å²) in [5.74, 6) is -0.313. The third kappa shape index (κ3) is 2.26. The van der Waals surface area contributed by atoms with Gasteiger partial charge in [-0.15, -0.1) is 0 Å². The van der Waals surface area contributed by atoms with Crippen LogP contribution in [0.3, 0.4) is 0 Å². The molecule has 3 rings (SSSR count). The molecule has 0 radical (unpaired) electrons. The van der Waals surface area contributed by atoms with E-state index in [1.807, 2.05) is 30.3 Å². The highest BCUT2D eigenvalue weighted by Crippen LogP contribution is 2.17. The maximum Gasteiger partial charge on any atom is 0.278 e. The van der Waals surface area contributed by atoms with Crippen molar-refractivity contribution in [1.29, 1.82) is 0 Å². The standard InChI is InChI=1S/C14H11N5O/c15-13-12(16-5-6-17-13)14(20)19-10-7-9-3-1-2-4-11(9)18-8-10/h1-8H,(H2,15,17)(H,19,20). The van der Waals surface area contributed by atoms with E-state index >= 15 is 0 Å². The maximum atomic E-state index is 12.0. The molecular formula is C14H11N5O. The zero-order valence-electron chi connectivity index (χ0n) is 10.4. The summed E-state index contributed by atoms with van der Waals surface area (Å²) in [5.41, 5.74) is 7.16. The molecule has 0 aliphatic rings. The van der Waals surface area contributed by atoms with E-state index in [2.05, 4.69) is 20.3 Å². The summed E-state index contributed by atoms with van der Waals surface area (Å²) in [6.45, 7) is 0. The van der Waals surface area contributed by atoms with Crippen LogP contribution < -0.4 is 11.1 Å². The minimum Gasteiger partial charge on any atom is -0.382 e. The highest BCUT2D eigenvalue weighted by atomic mass is 16.1. The average molecular weight is 265 g/mol. The van der Waals surface area contributed by atoms with Crippen molar-refractivity contribution in [2.45, 2.75) is 0 Å². The number of carbonyl (C=O) groups excluding carboxylic acids is 1. The molecule has 0 atom stereocenters. The van der Waals surface area contributed by atoms with Crippen molar-refractivity contribution in [2.75, 3.05) is 11.1 Å². The molecule has 20 heavy (non-hydrogen) atoms. The predicted octanol–water partition coefficient (Wildman–Crippen LogP) is 1.86. The minimum atomic E-state index is -0.410. The summed E-state index contributed by atoms with van der Waals surface area (Å²) in [6.07, 6.45) is 4.44. The van der Waals surface area contributed by atoms with Crippen molar-refractivity contribution in [3.63, 3.8) is 0 Å². The van der Waals surface area contributed by atoms with Gasteiger partial charge in [0.15, 0.2) is 11.5 Å². The van der Waals surface area contributed by atoms with Crippen LogP contribution in [0.5, 0.6) is 0 Å². The van der Waals surface area contributed by atoms with E-state index < -0.39 is 5.91 Å². The first-order valence-corrected chi connectivity index (χ1v) is 5.96. The number of para-hydroxylation sites is 1. The lowest BCUT2D eigenvalue weighted by molar-refractivity contribution is 0.102. The van der Waals surface area contributed by atoms with Crippen LogP contribution in [0.2, 0.25) is 0 Å². The fourth-order valence-corrected chi connectivity index (χ4v) is 1.85. The van der Waals surface area contributed by atoms with Gasteiger partial charge in [0.2, 0.25) is 0 Å². The lowest BCUT2D eigenvalue weighted by Crippen LogP contribution is -2.16. The van der Waals surface area contributed by atoms with Gasteiger partial charge in [0, 0.05) is 17.8 Å². The average Bonchev–Trinajstić information content (AvgIpc) is 2.47. The van der Waals surface area contributed by atoms with Crippen LogP contribution in [-0.2, 0) is 0 Å². The lowest BCUT2D eigenvalue weighted by Gasteiger charge is -2.06. The van der Waals surface area contributed by atoms with Gasteiger partial charge in [-0.1, -0.05) is 18.2 Å². The number of aromatic nitrogens is 3. The molecule has 0 saturated heterocycles. The number of nitrogens with zero attached hydrogens (tertiary/aromatic N) is 3. The van der Waals surface area contributed by atoms with E-state index in [-0.39, 0.29) is 11.5 Å². The first-order chi connectivity index (χ1) is 9.74. The molecule has 2 heterocycles. The van der Waals surface area contributed by atoms with E-state index in [9.17, 15) is 4.79 Å². The minimum absolute atomic E-state index is 0.0961. The maximum absolute atomic E-state index is 12.0. The Labute approximate surface area is 114 Å². The van der Waals surface area contributed by atoms with Crippen molar-refractivity contribution >= 4 is 28.3 Å². The summed E-state index contributed by atoms with van der Waals surface area (Å²) in [6, 6.07) is 9.49. The Kier molecular flexibility index (Phi) is 2.96. The van der Waals surface area contributed by atoms with Crippen molar-refractivity contribution in [1.82, 2.24) is 15.0 Å². The number of carbonyl (C=O) groups is 1. The molecule has 1 amide bonds. The number of fused-ring (bicyclic) bond motifs is 1. The Morgan fingerprint density at radius 2 is 1.90 bits per heavy atom. The number of hydrogen-bond acceptors (Lipinski definition) is 5. The van der Waals surface area contributed by atoms with Crippen molar-refractivity contribution in [2.24, 2.45) is 0 Å². The molecule has 0 spiro atoms. The Balaban J connectivity index is 1.89. The molecule has 0 fully saturated rings. The van der Waals surface area contributed by atoms with E-state index in [0.717, 1.165) is 10.9 Å². The first kappa shape index (κ1) is 12.0. The number of nitrogens with one attached hydrogen (secondary N) is 1. The monoisotopic (exact) mass is 265 g/mol. The van der Waals surface area contributed by atoms with Crippen molar-refractivity contribution < 1.29 is 4.79 Å². The highest BCUT2D eigenvalue weighted by molar-refractivity contribution is 6.06. The summed E-state index contributed by atoms with van der Waals surface area (Å²) < 4.78 is 0. The topological polar surface area (TPSA) is 93.8 Å². The smallest absolute Gasteiger partial charge is 0.278 e. The van der Waals surface area contributed by atoms with Crippen LogP contribution in [0, 0.1) is 0 Å². The summed E-state index contributed by atoms with van der Waals surface area (Å²) in [7, 11) is 0. The van der Waals surface area contributed by atoms with E-state index in [1.165, 1.54) is 12.4 Å². The molecule has 0 aliphatic carbocycles. The van der Waals surface area contributed by atoms with Gasteiger partial charge < -0.3 is 11.1 Å². The number of amides is 1. The van der Waals surface area contributed by atoms with E-state index in [1.54, 1.807) is 6.20 Å². The quantitative estimate of drug-likeness (QED) is 0.737. The van der Waals surface area contributed by atoms with Gasteiger partial charge >= 0.3 is 0 Å². The number of nitrogens with two attached hydrogens (primary N) is 1. The van der Waals surface area contributed by atoms with Gasteiger partial charge in [-0.3, -0.25) is 9.78 Å². The second-order valence-electron chi connectivity index (χ2n) is 4.16. The number of rotatable bonds is 2. The fourth-order valence-electron chi connectivity index (χ4n) is 1.85. The third-order valence-electron chi connectivity index (χ3n) is 2.79. The van der Waals surface area contributed by atoms with Crippen molar-refractivity contribution in [3.8, 4) is 0 Å². The summed E-state index contributed by atoms with van der Waals surface area (Å²) >= 11 is 0. The molecule has 3 N–H and O–H groups in total. The molecular weight excluding hydrogens is 254 g/mol. The second-order valence-corrected chi connectivity index (χ2v) is 4.16. The Bertz CT molecular complexity index is 787.